The number of benzene rings is 2. The highest BCUT2D eigenvalue weighted by Crippen LogP contribution is 2.26. The molecule has 1 N–H and O–H groups in total. The Hall–Kier alpha value is -2.33. The number of nitrogens with one attached hydrogen (secondary N) is 1. The van der Waals surface area contributed by atoms with Crippen LogP contribution in [0.3, 0.4) is 0 Å². The van der Waals surface area contributed by atoms with Crippen LogP contribution < -0.4 is 4.72 Å². The molecule has 2 aromatic rings. The molecule has 2 aromatic carbocycles. The van der Waals surface area contributed by atoms with E-state index in [1.807, 2.05) is 4.72 Å². The predicted molar refractivity (Wildman–Crippen MR) is 97.3 cm³/mol. The number of hydroxylamine groups is 1. The van der Waals surface area contributed by atoms with Gasteiger partial charge in [-0.25, -0.2) is 9.11 Å². The van der Waals surface area contributed by atoms with Crippen molar-refractivity contribution in [1.82, 2.24) is 9.19 Å². The lowest BCUT2D eigenvalue weighted by molar-refractivity contribution is -0.115. The number of rotatable bonds is 8. The number of hydrogen-bond acceptors (Lipinski definition) is 5. The smallest absolute Gasteiger partial charge is 0.326 e. The second kappa shape index (κ2) is 9.05. The van der Waals surface area contributed by atoms with Crippen molar-refractivity contribution in [1.29, 1.82) is 0 Å². The second-order valence-electron chi connectivity index (χ2n) is 5.69. The van der Waals surface area contributed by atoms with Crippen LogP contribution in [0.15, 0.2) is 54.6 Å². The third kappa shape index (κ3) is 5.10. The molecule has 0 saturated heterocycles. The van der Waals surface area contributed by atoms with Crippen molar-refractivity contribution in [2.24, 2.45) is 0 Å². The molecule has 1 amide bonds. The van der Waals surface area contributed by atoms with Crippen LogP contribution in [0.1, 0.15) is 28.9 Å². The van der Waals surface area contributed by atoms with E-state index in [4.69, 9.17) is 9.57 Å². The quantitative estimate of drug-likeness (QED) is 0.693. The monoisotopic (exact) mass is 396 g/mol. The number of ether oxygens (including phenoxy) is 1. The maximum atomic E-state index is 13.2. The lowest BCUT2D eigenvalue weighted by Gasteiger charge is -2.31. The van der Waals surface area contributed by atoms with Gasteiger partial charge in [0, 0.05) is 12.7 Å². The highest BCUT2D eigenvalue weighted by Gasteiger charge is 2.35. The number of carbonyl (C=O) groups is 1. The largest absolute Gasteiger partial charge is 0.375 e. The Morgan fingerprint density at radius 3 is 2.19 bits per heavy atom. The number of carbonyl (C=O) groups excluding carboxylic acids is 1. The summed E-state index contributed by atoms with van der Waals surface area (Å²) in [6.07, 6.45) is -0.756. The van der Waals surface area contributed by atoms with Crippen LogP contribution in [0.2, 0.25) is 0 Å². The maximum absolute atomic E-state index is 13.2. The van der Waals surface area contributed by atoms with Gasteiger partial charge in [0.1, 0.15) is 11.9 Å². The molecule has 2 unspecified atom stereocenters. The summed E-state index contributed by atoms with van der Waals surface area (Å²) in [6, 6.07) is 12.5. The standard InChI is InChI=1S/C18H21FN2O5S/c1-13(17(25-2)14-9-11-16(19)12-10-14)21(26-3)27(23,24)20-18(22)15-7-5-4-6-8-15/h4-13,17H,1-3H3,(H,20,22). The van der Waals surface area contributed by atoms with Crippen molar-refractivity contribution >= 4 is 16.1 Å². The fourth-order valence-electron chi connectivity index (χ4n) is 2.67. The highest BCUT2D eigenvalue weighted by atomic mass is 32.2. The minimum absolute atomic E-state index is 0.187. The van der Waals surface area contributed by atoms with E-state index < -0.39 is 34.1 Å². The van der Waals surface area contributed by atoms with Crippen molar-refractivity contribution in [3.63, 3.8) is 0 Å². The fourth-order valence-corrected chi connectivity index (χ4v) is 3.86. The zero-order valence-corrected chi connectivity index (χ0v) is 15.9. The molecule has 0 aliphatic rings. The third-order valence-corrected chi connectivity index (χ3v) is 5.30. The van der Waals surface area contributed by atoms with Gasteiger partial charge in [-0.15, -0.1) is 0 Å². The Kier molecular flexibility index (Phi) is 7.03. The third-order valence-electron chi connectivity index (χ3n) is 3.90. The lowest BCUT2D eigenvalue weighted by atomic mass is 10.0. The summed E-state index contributed by atoms with van der Waals surface area (Å²) in [5.41, 5.74) is 0.740. The first kappa shape index (κ1) is 21.0. The zero-order chi connectivity index (χ0) is 20.0. The van der Waals surface area contributed by atoms with Crippen LogP contribution in [0.4, 0.5) is 4.39 Å². The summed E-state index contributed by atoms with van der Waals surface area (Å²) >= 11 is 0. The Morgan fingerprint density at radius 2 is 1.67 bits per heavy atom. The molecule has 0 aliphatic heterocycles. The van der Waals surface area contributed by atoms with Gasteiger partial charge in [-0.3, -0.25) is 9.63 Å². The first-order valence-electron chi connectivity index (χ1n) is 8.04. The Balaban J connectivity index is 2.24. The Labute approximate surface area is 157 Å². The average molecular weight is 396 g/mol. The lowest BCUT2D eigenvalue weighted by Crippen LogP contribution is -2.49. The molecule has 2 rings (SSSR count). The first-order chi connectivity index (χ1) is 12.8. The van der Waals surface area contributed by atoms with Crippen LogP contribution in [-0.4, -0.2) is 39.1 Å². The number of amides is 1. The molecule has 0 heterocycles. The number of methoxy groups -OCH3 is 1. The van der Waals surface area contributed by atoms with Crippen molar-refractivity contribution in [3.05, 3.63) is 71.5 Å². The maximum Gasteiger partial charge on any atom is 0.326 e. The molecular formula is C18H21FN2O5S. The Morgan fingerprint density at radius 1 is 1.07 bits per heavy atom. The van der Waals surface area contributed by atoms with Gasteiger partial charge >= 0.3 is 10.2 Å². The molecule has 0 spiro atoms. The minimum atomic E-state index is -4.33. The van der Waals surface area contributed by atoms with E-state index in [0.717, 1.165) is 0 Å². The van der Waals surface area contributed by atoms with Crippen molar-refractivity contribution in [2.75, 3.05) is 14.2 Å². The van der Waals surface area contributed by atoms with Crippen LogP contribution in [0, 0.1) is 5.82 Å². The van der Waals surface area contributed by atoms with Gasteiger partial charge in [0.2, 0.25) is 0 Å². The van der Waals surface area contributed by atoms with Gasteiger partial charge in [-0.05, 0) is 36.8 Å². The molecule has 0 aromatic heterocycles. The predicted octanol–water partition coefficient (Wildman–Crippen LogP) is 2.44. The SMILES string of the molecule is COC(c1ccc(F)cc1)C(C)N(OC)S(=O)(=O)NC(=O)c1ccccc1. The molecule has 0 aliphatic carbocycles. The summed E-state index contributed by atoms with van der Waals surface area (Å²) < 4.78 is 46.4. The van der Waals surface area contributed by atoms with E-state index in [2.05, 4.69) is 0 Å². The first-order valence-corrected chi connectivity index (χ1v) is 9.48. The fraction of sp³-hybridized carbons (Fsp3) is 0.278. The van der Waals surface area contributed by atoms with Crippen LogP contribution >= 0.6 is 0 Å². The highest BCUT2D eigenvalue weighted by molar-refractivity contribution is 7.87. The molecule has 7 nitrogen and oxygen atoms in total. The van der Waals surface area contributed by atoms with Gasteiger partial charge in [-0.1, -0.05) is 34.8 Å². The summed E-state index contributed by atoms with van der Waals surface area (Å²) in [7, 11) is -1.77. The molecule has 0 radical (unpaired) electrons. The van der Waals surface area contributed by atoms with E-state index in [0.29, 0.717) is 10.0 Å². The zero-order valence-electron chi connectivity index (χ0n) is 15.1. The van der Waals surface area contributed by atoms with Crippen LogP contribution in [0.5, 0.6) is 0 Å². The second-order valence-corrected chi connectivity index (χ2v) is 7.20. The van der Waals surface area contributed by atoms with Crippen molar-refractivity contribution in [3.8, 4) is 0 Å². The van der Waals surface area contributed by atoms with E-state index in [9.17, 15) is 17.6 Å². The van der Waals surface area contributed by atoms with Gasteiger partial charge in [0.25, 0.3) is 5.91 Å². The van der Waals surface area contributed by atoms with Crippen molar-refractivity contribution in [2.45, 2.75) is 19.1 Å². The summed E-state index contributed by atoms with van der Waals surface area (Å²) in [6.45, 7) is 1.55. The molecule has 146 valence electrons. The van der Waals surface area contributed by atoms with E-state index in [1.165, 1.54) is 50.6 Å². The number of nitrogens with zero attached hydrogens (tertiary/aromatic N) is 1. The van der Waals surface area contributed by atoms with Gasteiger partial charge in [-0.2, -0.15) is 8.42 Å². The molecule has 0 saturated carbocycles. The van der Waals surface area contributed by atoms with Crippen LogP contribution in [-0.2, 0) is 19.8 Å². The molecule has 0 bridgehead atoms. The summed E-state index contributed by atoms with van der Waals surface area (Å²) in [4.78, 5) is 17.2. The van der Waals surface area contributed by atoms with Gasteiger partial charge in [0.15, 0.2) is 0 Å². The van der Waals surface area contributed by atoms with Gasteiger partial charge in [0.05, 0.1) is 13.2 Å². The molecule has 27 heavy (non-hydrogen) atoms. The average Bonchev–Trinajstić information content (AvgIpc) is 2.64. The molecular weight excluding hydrogens is 375 g/mol. The Bertz CT molecular complexity index is 859. The van der Waals surface area contributed by atoms with E-state index in [1.54, 1.807) is 25.1 Å². The summed E-state index contributed by atoms with van der Waals surface area (Å²) in [5, 5.41) is 0. The van der Waals surface area contributed by atoms with E-state index in [-0.39, 0.29) is 5.56 Å². The minimum Gasteiger partial charge on any atom is -0.375 e. The van der Waals surface area contributed by atoms with Crippen molar-refractivity contribution < 1.29 is 27.2 Å². The molecule has 2 atom stereocenters. The topological polar surface area (TPSA) is 84.9 Å². The van der Waals surface area contributed by atoms with Gasteiger partial charge < -0.3 is 4.74 Å². The molecule has 9 heteroatoms. The molecule has 0 fully saturated rings. The number of halogens is 1. The van der Waals surface area contributed by atoms with E-state index >= 15 is 0 Å². The summed E-state index contributed by atoms with van der Waals surface area (Å²) in [5.74, 6) is -1.21. The normalized spacial score (nSPS) is 14.0. The number of hydrogen-bond donors (Lipinski definition) is 1. The van der Waals surface area contributed by atoms with Crippen LogP contribution in [0.25, 0.3) is 0 Å².